The van der Waals surface area contributed by atoms with Crippen molar-refractivity contribution in [3.05, 3.63) is 46.5 Å². The Morgan fingerprint density at radius 1 is 1.18 bits per heavy atom. The molecule has 5 rings (SSSR count). The van der Waals surface area contributed by atoms with Gasteiger partial charge in [0, 0.05) is 19.2 Å². The molecule has 2 heterocycles. The summed E-state index contributed by atoms with van der Waals surface area (Å²) in [5, 5.41) is 12.1. The van der Waals surface area contributed by atoms with Crippen molar-refractivity contribution in [2.24, 2.45) is 0 Å². The summed E-state index contributed by atoms with van der Waals surface area (Å²) in [6.45, 7) is 4.24. The zero-order valence-corrected chi connectivity index (χ0v) is 20.0. The molecule has 182 valence electrons. The van der Waals surface area contributed by atoms with Crippen LogP contribution in [-0.4, -0.2) is 57.4 Å². The number of methoxy groups -OCH3 is 3. The van der Waals surface area contributed by atoms with Gasteiger partial charge in [0.15, 0.2) is 23.0 Å². The van der Waals surface area contributed by atoms with Crippen LogP contribution in [0.5, 0.6) is 23.0 Å². The van der Waals surface area contributed by atoms with E-state index in [1.54, 1.807) is 45.3 Å². The fourth-order valence-electron chi connectivity index (χ4n) is 5.94. The van der Waals surface area contributed by atoms with Gasteiger partial charge < -0.3 is 33.5 Å². The van der Waals surface area contributed by atoms with Crippen LogP contribution in [0.3, 0.4) is 0 Å². The highest BCUT2D eigenvalue weighted by Gasteiger charge is 2.69. The van der Waals surface area contributed by atoms with E-state index in [9.17, 15) is 9.90 Å². The molecule has 1 spiro atoms. The number of hydrogen-bond acceptors (Lipinski definition) is 8. The smallest absolute Gasteiger partial charge is 0.410 e. The second-order valence-corrected chi connectivity index (χ2v) is 8.63. The predicted molar refractivity (Wildman–Crippen MR) is 121 cm³/mol. The third kappa shape index (κ3) is 2.65. The predicted octanol–water partition coefficient (Wildman–Crippen LogP) is 3.25. The van der Waals surface area contributed by atoms with E-state index >= 15 is 0 Å². The normalized spacial score (nSPS) is 26.3. The number of fused-ring (bicyclic) bond motifs is 4. The molecule has 9 nitrogen and oxygen atoms in total. The van der Waals surface area contributed by atoms with Crippen LogP contribution in [0, 0.1) is 0 Å². The van der Waals surface area contributed by atoms with Crippen LogP contribution in [0.1, 0.15) is 42.2 Å². The van der Waals surface area contributed by atoms with Crippen LogP contribution < -0.4 is 18.9 Å². The first kappa shape index (κ1) is 22.6. The summed E-state index contributed by atoms with van der Waals surface area (Å²) in [4.78, 5) is 15.0. The number of ether oxygens (including phenoxy) is 6. The summed E-state index contributed by atoms with van der Waals surface area (Å²) >= 11 is 0. The molecule has 0 radical (unpaired) electrons. The maximum atomic E-state index is 13.4. The van der Waals surface area contributed by atoms with E-state index in [1.807, 2.05) is 19.1 Å². The van der Waals surface area contributed by atoms with E-state index in [0.29, 0.717) is 52.7 Å². The summed E-state index contributed by atoms with van der Waals surface area (Å²) in [7, 11) is 4.66. The van der Waals surface area contributed by atoms with Crippen molar-refractivity contribution in [1.82, 2.24) is 4.90 Å². The fraction of sp³-hybridized carbons (Fsp3) is 0.480. The van der Waals surface area contributed by atoms with Gasteiger partial charge in [-0.05, 0) is 55.2 Å². The second-order valence-electron chi connectivity index (χ2n) is 8.63. The standard InChI is InChI=1S/C25H29NO8/c1-6-32-23(28)26-10-9-14-11-18-19(34-13-33-18)12-16(14)25(26)22(27)15-7-8-17(29-3)21(30-4)20(15)24(25,2)31-5/h7-8,11-12,22,27H,6,9-10,13H2,1-5H3/t22-,24-,25+/m1/s1. The first-order valence-corrected chi connectivity index (χ1v) is 11.2. The number of nitrogens with zero attached hydrogens (tertiary/aromatic N) is 1. The highest BCUT2D eigenvalue weighted by Crippen LogP contribution is 2.66. The van der Waals surface area contributed by atoms with Gasteiger partial charge in [-0.1, -0.05) is 6.07 Å². The first-order valence-electron chi connectivity index (χ1n) is 11.2. The van der Waals surface area contributed by atoms with E-state index < -0.39 is 23.3 Å². The Labute approximate surface area is 198 Å². The Kier molecular flexibility index (Phi) is 5.29. The number of carbonyl (C=O) groups excluding carboxylic acids is 1. The van der Waals surface area contributed by atoms with E-state index in [2.05, 4.69) is 0 Å². The van der Waals surface area contributed by atoms with Gasteiger partial charge >= 0.3 is 6.09 Å². The van der Waals surface area contributed by atoms with Gasteiger partial charge in [-0.3, -0.25) is 4.90 Å². The molecule has 0 aromatic heterocycles. The third-order valence-corrected chi connectivity index (χ3v) is 7.41. The average molecular weight is 472 g/mol. The largest absolute Gasteiger partial charge is 0.493 e. The number of carbonyl (C=O) groups is 1. The van der Waals surface area contributed by atoms with Crippen LogP contribution in [0.4, 0.5) is 4.79 Å². The molecule has 2 aliphatic heterocycles. The molecule has 34 heavy (non-hydrogen) atoms. The number of benzene rings is 2. The van der Waals surface area contributed by atoms with Crippen molar-refractivity contribution >= 4 is 6.09 Å². The Hall–Kier alpha value is -3.17. The molecule has 1 aliphatic carbocycles. The molecule has 9 heteroatoms. The van der Waals surface area contributed by atoms with Crippen molar-refractivity contribution in [2.45, 2.75) is 37.5 Å². The highest BCUT2D eigenvalue weighted by molar-refractivity contribution is 5.74. The van der Waals surface area contributed by atoms with Crippen molar-refractivity contribution in [1.29, 1.82) is 0 Å². The minimum absolute atomic E-state index is 0.113. The Morgan fingerprint density at radius 2 is 1.91 bits per heavy atom. The zero-order chi connectivity index (χ0) is 24.3. The van der Waals surface area contributed by atoms with Crippen LogP contribution >= 0.6 is 0 Å². The summed E-state index contributed by atoms with van der Waals surface area (Å²) in [6.07, 6.45) is -1.14. The molecule has 1 amide bonds. The number of aliphatic hydroxyl groups excluding tert-OH is 1. The van der Waals surface area contributed by atoms with Crippen LogP contribution in [-0.2, 0) is 27.0 Å². The van der Waals surface area contributed by atoms with Crippen molar-refractivity contribution in [2.75, 3.05) is 41.3 Å². The minimum atomic E-state index is -1.37. The average Bonchev–Trinajstić information content (AvgIpc) is 3.38. The maximum absolute atomic E-state index is 13.4. The molecule has 2 aromatic carbocycles. The molecule has 0 bridgehead atoms. The van der Waals surface area contributed by atoms with Gasteiger partial charge in [0.1, 0.15) is 17.2 Å². The van der Waals surface area contributed by atoms with E-state index in [4.69, 9.17) is 28.4 Å². The van der Waals surface area contributed by atoms with Gasteiger partial charge in [-0.2, -0.15) is 0 Å². The zero-order valence-electron chi connectivity index (χ0n) is 20.0. The lowest BCUT2D eigenvalue weighted by Crippen LogP contribution is -2.64. The second kappa shape index (κ2) is 7.95. The first-order chi connectivity index (χ1) is 16.4. The molecular formula is C25H29NO8. The fourth-order valence-corrected chi connectivity index (χ4v) is 5.94. The lowest BCUT2D eigenvalue weighted by atomic mass is 9.69. The van der Waals surface area contributed by atoms with Gasteiger partial charge in [-0.15, -0.1) is 0 Å². The van der Waals surface area contributed by atoms with E-state index in [0.717, 1.165) is 5.56 Å². The van der Waals surface area contributed by atoms with Crippen LogP contribution in [0.25, 0.3) is 0 Å². The molecule has 2 aromatic rings. The Morgan fingerprint density at radius 3 is 2.56 bits per heavy atom. The van der Waals surface area contributed by atoms with Crippen molar-refractivity contribution < 1.29 is 38.3 Å². The van der Waals surface area contributed by atoms with Crippen LogP contribution in [0.2, 0.25) is 0 Å². The summed E-state index contributed by atoms with van der Waals surface area (Å²) in [5.74, 6) is 2.13. The highest BCUT2D eigenvalue weighted by atomic mass is 16.7. The molecule has 0 saturated carbocycles. The number of aliphatic hydroxyl groups is 1. The van der Waals surface area contributed by atoms with Gasteiger partial charge in [0.25, 0.3) is 0 Å². The third-order valence-electron chi connectivity index (χ3n) is 7.41. The minimum Gasteiger partial charge on any atom is -0.493 e. The number of amides is 1. The maximum Gasteiger partial charge on any atom is 0.410 e. The SMILES string of the molecule is CCOC(=O)N1CCc2cc3c(cc2[C@@]12[C@H](O)c1ccc(OC)c(OC)c1[C@@]2(C)OC)OCO3. The lowest BCUT2D eigenvalue weighted by molar-refractivity contribution is -0.166. The van der Waals surface area contributed by atoms with Gasteiger partial charge in [0.05, 0.1) is 20.8 Å². The molecule has 3 aliphatic rings. The monoisotopic (exact) mass is 471 g/mol. The lowest BCUT2D eigenvalue weighted by Gasteiger charge is -2.54. The van der Waals surface area contributed by atoms with Gasteiger partial charge in [-0.25, -0.2) is 4.79 Å². The topological polar surface area (TPSA) is 95.9 Å². The summed E-state index contributed by atoms with van der Waals surface area (Å²) in [5.41, 5.74) is 0.240. The molecule has 3 atom stereocenters. The van der Waals surface area contributed by atoms with Crippen LogP contribution in [0.15, 0.2) is 24.3 Å². The van der Waals surface area contributed by atoms with Gasteiger partial charge in [0.2, 0.25) is 6.79 Å². The molecule has 0 saturated heterocycles. The van der Waals surface area contributed by atoms with E-state index in [1.165, 1.54) is 0 Å². The quantitative estimate of drug-likeness (QED) is 0.726. The molecule has 0 unspecified atom stereocenters. The number of hydrogen-bond donors (Lipinski definition) is 1. The number of rotatable bonds is 4. The van der Waals surface area contributed by atoms with Crippen molar-refractivity contribution in [3.63, 3.8) is 0 Å². The Balaban J connectivity index is 1.86. The Bertz CT molecular complexity index is 1150. The van der Waals surface area contributed by atoms with E-state index in [-0.39, 0.29) is 13.4 Å². The summed E-state index contributed by atoms with van der Waals surface area (Å²) < 4.78 is 34.3. The van der Waals surface area contributed by atoms with Crippen molar-refractivity contribution in [3.8, 4) is 23.0 Å². The molecule has 0 fully saturated rings. The molecule has 1 N–H and O–H groups in total. The summed E-state index contributed by atoms with van der Waals surface area (Å²) in [6, 6.07) is 7.30. The molecular weight excluding hydrogens is 442 g/mol.